The molecule has 0 atom stereocenters. The number of hydrogen-bond donors (Lipinski definition) is 2. The number of methoxy groups -OCH3 is 1. The molecule has 0 aliphatic rings. The number of carboxylic acid groups (broad SMARTS) is 1. The number of benzene rings is 3. The summed E-state index contributed by atoms with van der Waals surface area (Å²) in [5.41, 5.74) is 5.61. The van der Waals surface area contributed by atoms with Gasteiger partial charge in [0.05, 0.1) is 13.7 Å². The highest BCUT2D eigenvalue weighted by Gasteiger charge is 2.14. The number of aliphatic hydroxyl groups is 1. The lowest BCUT2D eigenvalue weighted by atomic mass is 9.91. The molecule has 0 spiro atoms. The Morgan fingerprint density at radius 2 is 1.70 bits per heavy atom. The molecule has 4 nitrogen and oxygen atoms in total. The zero-order valence-corrected chi connectivity index (χ0v) is 17.1. The van der Waals surface area contributed by atoms with Gasteiger partial charge in [-0.2, -0.15) is 0 Å². The van der Waals surface area contributed by atoms with Crippen LogP contribution in [-0.2, 0) is 6.61 Å². The van der Waals surface area contributed by atoms with Gasteiger partial charge in [-0.1, -0.05) is 42.5 Å². The van der Waals surface area contributed by atoms with Crippen molar-refractivity contribution in [2.75, 3.05) is 7.11 Å². The summed E-state index contributed by atoms with van der Waals surface area (Å²) >= 11 is 0. The lowest BCUT2D eigenvalue weighted by Gasteiger charge is -2.14. The molecule has 0 amide bonds. The summed E-state index contributed by atoms with van der Waals surface area (Å²) in [6.45, 7) is 3.84. The highest BCUT2D eigenvalue weighted by Crippen LogP contribution is 2.33. The first-order valence-corrected chi connectivity index (χ1v) is 9.45. The highest BCUT2D eigenvalue weighted by atomic mass is 19.1. The average molecular weight is 406 g/mol. The van der Waals surface area contributed by atoms with Crippen molar-refractivity contribution in [1.29, 1.82) is 0 Å². The topological polar surface area (TPSA) is 66.8 Å². The summed E-state index contributed by atoms with van der Waals surface area (Å²) in [6.07, 6.45) is 1.43. The Morgan fingerprint density at radius 1 is 1.03 bits per heavy atom. The molecular formula is C25H23FO4. The number of aromatic carboxylic acids is 1. The Morgan fingerprint density at radius 3 is 2.33 bits per heavy atom. The van der Waals surface area contributed by atoms with Gasteiger partial charge in [-0.3, -0.25) is 0 Å². The summed E-state index contributed by atoms with van der Waals surface area (Å²) in [4.78, 5) is 11.2. The molecule has 0 heterocycles. The van der Waals surface area contributed by atoms with Crippen LogP contribution in [0.25, 0.3) is 23.0 Å². The van der Waals surface area contributed by atoms with Crippen LogP contribution in [0.4, 0.5) is 4.39 Å². The van der Waals surface area contributed by atoms with Gasteiger partial charge in [0.15, 0.2) is 0 Å². The minimum Gasteiger partial charge on any atom is -0.496 e. The molecule has 0 fully saturated rings. The van der Waals surface area contributed by atoms with Gasteiger partial charge in [-0.25, -0.2) is 9.18 Å². The second-order valence-electron chi connectivity index (χ2n) is 6.98. The molecule has 0 saturated carbocycles. The van der Waals surface area contributed by atoms with E-state index in [1.54, 1.807) is 0 Å². The van der Waals surface area contributed by atoms with E-state index in [9.17, 15) is 15.0 Å². The summed E-state index contributed by atoms with van der Waals surface area (Å²) < 4.78 is 20.1. The monoisotopic (exact) mass is 406 g/mol. The maximum Gasteiger partial charge on any atom is 0.339 e. The van der Waals surface area contributed by atoms with Crippen LogP contribution in [-0.4, -0.2) is 23.3 Å². The summed E-state index contributed by atoms with van der Waals surface area (Å²) in [6, 6.07) is 15.5. The molecule has 30 heavy (non-hydrogen) atoms. The number of rotatable bonds is 6. The van der Waals surface area contributed by atoms with Crippen molar-refractivity contribution >= 4 is 17.9 Å². The Hall–Kier alpha value is -3.44. The van der Waals surface area contributed by atoms with Crippen molar-refractivity contribution in [3.63, 3.8) is 0 Å². The fraction of sp³-hybridized carbons (Fsp3) is 0.160. The molecule has 5 heteroatoms. The van der Waals surface area contributed by atoms with Gasteiger partial charge in [0.1, 0.15) is 17.1 Å². The molecule has 0 aliphatic heterocycles. The van der Waals surface area contributed by atoms with E-state index >= 15 is 4.39 Å². The van der Waals surface area contributed by atoms with Crippen LogP contribution < -0.4 is 4.74 Å². The Labute approximate surface area is 174 Å². The van der Waals surface area contributed by atoms with Gasteiger partial charge >= 0.3 is 5.97 Å². The zero-order valence-electron chi connectivity index (χ0n) is 17.1. The van der Waals surface area contributed by atoms with E-state index < -0.39 is 11.8 Å². The second kappa shape index (κ2) is 8.93. The molecule has 0 bridgehead atoms. The lowest BCUT2D eigenvalue weighted by molar-refractivity contribution is 0.0693. The van der Waals surface area contributed by atoms with E-state index in [1.165, 1.54) is 31.4 Å². The quantitative estimate of drug-likeness (QED) is 0.520. The number of carbonyl (C=O) groups is 1. The van der Waals surface area contributed by atoms with Crippen LogP contribution in [0, 0.1) is 13.8 Å². The normalized spacial score (nSPS) is 11.4. The third kappa shape index (κ3) is 4.11. The molecule has 3 aromatic carbocycles. The minimum atomic E-state index is -1.13. The molecule has 0 unspecified atom stereocenters. The summed E-state index contributed by atoms with van der Waals surface area (Å²) in [5, 5.41) is 18.7. The minimum absolute atomic E-state index is 0.0218. The van der Waals surface area contributed by atoms with Gasteiger partial charge in [0.2, 0.25) is 0 Å². The molecule has 0 radical (unpaired) electrons. The average Bonchev–Trinajstić information content (AvgIpc) is 2.75. The first kappa shape index (κ1) is 21.3. The Bertz CT molecular complexity index is 1130. The van der Waals surface area contributed by atoms with Crippen molar-refractivity contribution in [2.45, 2.75) is 20.5 Å². The van der Waals surface area contributed by atoms with Crippen LogP contribution in [0.5, 0.6) is 5.75 Å². The zero-order chi connectivity index (χ0) is 21.8. The molecule has 0 aromatic heterocycles. The van der Waals surface area contributed by atoms with Crippen molar-refractivity contribution < 1.29 is 24.1 Å². The summed E-state index contributed by atoms with van der Waals surface area (Å²) in [7, 11) is 1.35. The predicted octanol–water partition coefficient (Wildman–Crippen LogP) is 5.64. The summed E-state index contributed by atoms with van der Waals surface area (Å²) in [5.74, 6) is -1.52. The van der Waals surface area contributed by atoms with E-state index in [-0.39, 0.29) is 23.5 Å². The van der Waals surface area contributed by atoms with Crippen molar-refractivity contribution in [1.82, 2.24) is 0 Å². The molecule has 2 N–H and O–H groups in total. The number of carboxylic acids is 1. The van der Waals surface area contributed by atoms with E-state index in [1.807, 2.05) is 50.2 Å². The first-order chi connectivity index (χ1) is 14.4. The van der Waals surface area contributed by atoms with Crippen molar-refractivity contribution in [3.8, 4) is 16.9 Å². The van der Waals surface area contributed by atoms with Gasteiger partial charge < -0.3 is 14.9 Å². The fourth-order valence-corrected chi connectivity index (χ4v) is 3.48. The third-order valence-electron chi connectivity index (χ3n) is 5.27. The van der Waals surface area contributed by atoms with Gasteiger partial charge in [0, 0.05) is 5.56 Å². The Kier molecular flexibility index (Phi) is 6.33. The van der Waals surface area contributed by atoms with Crippen LogP contribution in [0.3, 0.4) is 0 Å². The predicted molar refractivity (Wildman–Crippen MR) is 116 cm³/mol. The van der Waals surface area contributed by atoms with Crippen LogP contribution in [0.1, 0.15) is 38.2 Å². The molecule has 0 aliphatic carbocycles. The van der Waals surface area contributed by atoms with Crippen molar-refractivity contribution in [2.24, 2.45) is 0 Å². The number of aliphatic hydroxyl groups excluding tert-OH is 1. The van der Waals surface area contributed by atoms with E-state index in [4.69, 9.17) is 4.74 Å². The standard InChI is InChI=1S/C25H23FO4/c1-15-17(6-4-8-20(15)21-9-5-7-19(14-27)16(21)2)12-23(26)18-10-11-22(25(28)29)24(13-18)30-3/h4-13,27H,14H2,1-3H3,(H,28,29)/b23-12-. The van der Waals surface area contributed by atoms with Crippen LogP contribution >= 0.6 is 0 Å². The maximum atomic E-state index is 15.0. The SMILES string of the molecule is COc1cc(/C(F)=C/c2cccc(-c3cccc(CO)c3C)c2C)ccc1C(=O)O. The molecular weight excluding hydrogens is 383 g/mol. The lowest BCUT2D eigenvalue weighted by Crippen LogP contribution is -2.00. The molecule has 0 saturated heterocycles. The second-order valence-corrected chi connectivity index (χ2v) is 6.98. The Balaban J connectivity index is 2.05. The van der Waals surface area contributed by atoms with Crippen molar-refractivity contribution in [3.05, 3.63) is 88.0 Å². The highest BCUT2D eigenvalue weighted by molar-refractivity contribution is 5.92. The third-order valence-corrected chi connectivity index (χ3v) is 5.27. The molecule has 3 rings (SSSR count). The van der Waals surface area contributed by atoms with E-state index in [0.29, 0.717) is 5.56 Å². The van der Waals surface area contributed by atoms with Crippen LogP contribution in [0.2, 0.25) is 0 Å². The molecule has 154 valence electrons. The fourth-order valence-electron chi connectivity index (χ4n) is 3.48. The molecule has 3 aromatic rings. The van der Waals surface area contributed by atoms with E-state index in [2.05, 4.69) is 0 Å². The number of halogens is 1. The smallest absolute Gasteiger partial charge is 0.339 e. The maximum absolute atomic E-state index is 15.0. The van der Waals surface area contributed by atoms with Gasteiger partial charge in [0.25, 0.3) is 0 Å². The van der Waals surface area contributed by atoms with Gasteiger partial charge in [-0.05, 0) is 65.4 Å². The first-order valence-electron chi connectivity index (χ1n) is 9.45. The van der Waals surface area contributed by atoms with E-state index in [0.717, 1.165) is 27.8 Å². The number of hydrogen-bond acceptors (Lipinski definition) is 3. The number of ether oxygens (including phenoxy) is 1. The largest absolute Gasteiger partial charge is 0.496 e. The van der Waals surface area contributed by atoms with Crippen LogP contribution in [0.15, 0.2) is 54.6 Å². The van der Waals surface area contributed by atoms with Gasteiger partial charge in [-0.15, -0.1) is 0 Å².